The number of rotatable bonds is 2. The third-order valence-electron chi connectivity index (χ3n) is 3.81. The standard InChI is InChI=1S/C15H18N2O3/c1-10-14(12-4-2-3-5-13(12)16-10)15(19)17-6-7-20-9-11(17)8-18/h2-5,11,16,18H,6-9H2,1H3. The molecule has 5 nitrogen and oxygen atoms in total. The van der Waals surface area contributed by atoms with Gasteiger partial charge in [-0.3, -0.25) is 4.79 Å². The molecule has 106 valence electrons. The van der Waals surface area contributed by atoms with Crippen LogP contribution in [0.3, 0.4) is 0 Å². The predicted molar refractivity (Wildman–Crippen MR) is 75.8 cm³/mol. The molecule has 5 heteroatoms. The molecular formula is C15H18N2O3. The molecule has 0 saturated carbocycles. The van der Waals surface area contributed by atoms with Crippen LogP contribution in [-0.2, 0) is 4.74 Å². The van der Waals surface area contributed by atoms with E-state index < -0.39 is 0 Å². The first-order valence-corrected chi connectivity index (χ1v) is 6.79. The lowest BCUT2D eigenvalue weighted by atomic mass is 10.1. The summed E-state index contributed by atoms with van der Waals surface area (Å²) in [5.41, 5.74) is 2.52. The highest BCUT2D eigenvalue weighted by Crippen LogP contribution is 2.24. The van der Waals surface area contributed by atoms with Crippen molar-refractivity contribution < 1.29 is 14.6 Å². The van der Waals surface area contributed by atoms with Gasteiger partial charge in [0.05, 0.1) is 31.4 Å². The monoisotopic (exact) mass is 274 g/mol. The zero-order valence-electron chi connectivity index (χ0n) is 11.4. The number of aromatic nitrogens is 1. The summed E-state index contributed by atoms with van der Waals surface area (Å²) >= 11 is 0. The van der Waals surface area contributed by atoms with E-state index in [1.165, 1.54) is 0 Å². The van der Waals surface area contributed by atoms with Gasteiger partial charge in [0.15, 0.2) is 0 Å². The second kappa shape index (κ2) is 5.26. The Morgan fingerprint density at radius 3 is 3.10 bits per heavy atom. The lowest BCUT2D eigenvalue weighted by Gasteiger charge is -2.34. The van der Waals surface area contributed by atoms with Gasteiger partial charge < -0.3 is 19.7 Å². The van der Waals surface area contributed by atoms with Crippen LogP contribution in [0.15, 0.2) is 24.3 Å². The molecule has 0 spiro atoms. The maximum absolute atomic E-state index is 12.8. The molecule has 0 aliphatic carbocycles. The highest BCUT2D eigenvalue weighted by Gasteiger charge is 2.29. The van der Waals surface area contributed by atoms with Crippen LogP contribution in [0, 0.1) is 6.92 Å². The van der Waals surface area contributed by atoms with E-state index in [-0.39, 0.29) is 18.6 Å². The Hall–Kier alpha value is -1.85. The molecule has 1 atom stereocenters. The molecule has 1 amide bonds. The average Bonchev–Trinajstić information content (AvgIpc) is 2.82. The molecule has 1 unspecified atom stereocenters. The number of H-pyrrole nitrogens is 1. The third-order valence-corrected chi connectivity index (χ3v) is 3.81. The number of morpholine rings is 1. The molecule has 1 aliphatic rings. The van der Waals surface area contributed by atoms with Gasteiger partial charge >= 0.3 is 0 Å². The number of fused-ring (bicyclic) bond motifs is 1. The van der Waals surface area contributed by atoms with E-state index in [2.05, 4.69) is 4.98 Å². The Morgan fingerprint density at radius 1 is 1.50 bits per heavy atom. The SMILES string of the molecule is Cc1[nH]c2ccccc2c1C(=O)N1CCOCC1CO. The van der Waals surface area contributed by atoms with Crippen molar-refractivity contribution in [2.75, 3.05) is 26.4 Å². The van der Waals surface area contributed by atoms with Crippen molar-refractivity contribution in [3.8, 4) is 0 Å². The summed E-state index contributed by atoms with van der Waals surface area (Å²) in [4.78, 5) is 17.8. The lowest BCUT2D eigenvalue weighted by molar-refractivity contribution is -0.0183. The first-order valence-electron chi connectivity index (χ1n) is 6.79. The van der Waals surface area contributed by atoms with Crippen LogP contribution >= 0.6 is 0 Å². The summed E-state index contributed by atoms with van der Waals surface area (Å²) in [6.07, 6.45) is 0. The fourth-order valence-corrected chi connectivity index (χ4v) is 2.77. The summed E-state index contributed by atoms with van der Waals surface area (Å²) in [5, 5.41) is 10.3. The van der Waals surface area contributed by atoms with Gasteiger partial charge in [0.25, 0.3) is 5.91 Å². The van der Waals surface area contributed by atoms with Gasteiger partial charge in [-0.1, -0.05) is 18.2 Å². The van der Waals surface area contributed by atoms with Crippen molar-refractivity contribution in [2.45, 2.75) is 13.0 Å². The topological polar surface area (TPSA) is 65.6 Å². The van der Waals surface area contributed by atoms with Crippen molar-refractivity contribution in [3.63, 3.8) is 0 Å². The predicted octanol–water partition coefficient (Wildman–Crippen LogP) is 1.31. The van der Waals surface area contributed by atoms with Crippen molar-refractivity contribution in [2.24, 2.45) is 0 Å². The summed E-state index contributed by atoms with van der Waals surface area (Å²) in [6, 6.07) is 7.51. The molecule has 2 aromatic rings. The first-order chi connectivity index (χ1) is 9.72. The molecule has 0 bridgehead atoms. The summed E-state index contributed by atoms with van der Waals surface area (Å²) in [7, 11) is 0. The second-order valence-electron chi connectivity index (χ2n) is 5.08. The second-order valence-corrected chi connectivity index (χ2v) is 5.08. The van der Waals surface area contributed by atoms with Crippen LogP contribution in [0.25, 0.3) is 10.9 Å². The molecule has 1 fully saturated rings. The first kappa shape index (κ1) is 13.1. The van der Waals surface area contributed by atoms with Gasteiger partial charge in [0.2, 0.25) is 0 Å². The molecule has 1 aliphatic heterocycles. The third kappa shape index (κ3) is 2.09. The van der Waals surface area contributed by atoms with Gasteiger partial charge in [0, 0.05) is 23.1 Å². The van der Waals surface area contributed by atoms with E-state index in [1.807, 2.05) is 31.2 Å². The number of benzene rings is 1. The number of aliphatic hydroxyl groups excluding tert-OH is 1. The summed E-state index contributed by atoms with van der Waals surface area (Å²) in [5.74, 6) is -0.0395. The summed E-state index contributed by atoms with van der Waals surface area (Å²) in [6.45, 7) is 3.26. The van der Waals surface area contributed by atoms with Crippen LogP contribution in [0.5, 0.6) is 0 Å². The lowest BCUT2D eigenvalue weighted by Crippen LogP contribution is -2.50. The zero-order chi connectivity index (χ0) is 14.1. The van der Waals surface area contributed by atoms with Crippen molar-refractivity contribution in [1.82, 2.24) is 9.88 Å². The van der Waals surface area contributed by atoms with E-state index in [0.29, 0.717) is 25.3 Å². The highest BCUT2D eigenvalue weighted by molar-refractivity contribution is 6.08. The Kier molecular flexibility index (Phi) is 3.46. The minimum absolute atomic E-state index is 0.0395. The minimum atomic E-state index is -0.260. The number of carbonyl (C=O) groups excluding carboxylic acids is 1. The van der Waals surface area contributed by atoms with Crippen molar-refractivity contribution in [1.29, 1.82) is 0 Å². The fourth-order valence-electron chi connectivity index (χ4n) is 2.77. The number of para-hydroxylation sites is 1. The number of amides is 1. The molecule has 2 N–H and O–H groups in total. The number of hydrogen-bond acceptors (Lipinski definition) is 3. The number of carbonyl (C=O) groups is 1. The number of aromatic amines is 1. The van der Waals surface area contributed by atoms with Gasteiger partial charge in [-0.25, -0.2) is 0 Å². The molecule has 2 heterocycles. The van der Waals surface area contributed by atoms with Crippen LogP contribution in [0.1, 0.15) is 16.1 Å². The number of aliphatic hydroxyl groups is 1. The Morgan fingerprint density at radius 2 is 2.30 bits per heavy atom. The van der Waals surface area contributed by atoms with E-state index in [9.17, 15) is 9.90 Å². The molecule has 1 aromatic heterocycles. The maximum atomic E-state index is 12.8. The smallest absolute Gasteiger partial charge is 0.256 e. The van der Waals surface area contributed by atoms with E-state index in [1.54, 1.807) is 4.90 Å². The number of nitrogens with zero attached hydrogens (tertiary/aromatic N) is 1. The number of ether oxygens (including phenoxy) is 1. The average molecular weight is 274 g/mol. The van der Waals surface area contributed by atoms with Crippen LogP contribution < -0.4 is 0 Å². The van der Waals surface area contributed by atoms with Crippen LogP contribution in [0.4, 0.5) is 0 Å². The van der Waals surface area contributed by atoms with E-state index >= 15 is 0 Å². The van der Waals surface area contributed by atoms with Crippen molar-refractivity contribution >= 4 is 16.8 Å². The molecular weight excluding hydrogens is 256 g/mol. The van der Waals surface area contributed by atoms with Gasteiger partial charge in [-0.15, -0.1) is 0 Å². The molecule has 1 saturated heterocycles. The van der Waals surface area contributed by atoms with Crippen LogP contribution in [0.2, 0.25) is 0 Å². The fraction of sp³-hybridized carbons (Fsp3) is 0.400. The zero-order valence-corrected chi connectivity index (χ0v) is 11.4. The summed E-state index contributed by atoms with van der Waals surface area (Å²) < 4.78 is 5.33. The Labute approximate surface area is 117 Å². The number of aryl methyl sites for hydroxylation is 1. The molecule has 3 rings (SSSR count). The normalized spacial score (nSPS) is 19.5. The van der Waals surface area contributed by atoms with E-state index in [0.717, 1.165) is 16.6 Å². The molecule has 1 aromatic carbocycles. The number of nitrogens with one attached hydrogen (secondary N) is 1. The van der Waals surface area contributed by atoms with Crippen molar-refractivity contribution in [3.05, 3.63) is 35.5 Å². The molecule has 0 radical (unpaired) electrons. The van der Waals surface area contributed by atoms with Gasteiger partial charge in [-0.05, 0) is 13.0 Å². The molecule has 20 heavy (non-hydrogen) atoms. The van der Waals surface area contributed by atoms with Crippen LogP contribution in [-0.4, -0.2) is 53.3 Å². The highest BCUT2D eigenvalue weighted by atomic mass is 16.5. The largest absolute Gasteiger partial charge is 0.394 e. The van der Waals surface area contributed by atoms with Gasteiger partial charge in [-0.2, -0.15) is 0 Å². The Bertz CT molecular complexity index is 635. The minimum Gasteiger partial charge on any atom is -0.394 e. The van der Waals surface area contributed by atoms with Gasteiger partial charge in [0.1, 0.15) is 0 Å². The quantitative estimate of drug-likeness (QED) is 0.867. The Balaban J connectivity index is 2.01. The maximum Gasteiger partial charge on any atom is 0.256 e. The number of hydrogen-bond donors (Lipinski definition) is 2. The van der Waals surface area contributed by atoms with E-state index in [4.69, 9.17) is 4.74 Å².